The van der Waals surface area contributed by atoms with Crippen molar-refractivity contribution < 1.29 is 31.1 Å². The normalized spacial score (nSPS) is 11.0. The quantitative estimate of drug-likeness (QED) is 0.171. The predicted molar refractivity (Wildman–Crippen MR) is 151 cm³/mol. The van der Waals surface area contributed by atoms with Gasteiger partial charge in [0.2, 0.25) is 5.95 Å². The molecule has 0 saturated heterocycles. The van der Waals surface area contributed by atoms with E-state index in [0.717, 1.165) is 35.3 Å². The highest BCUT2D eigenvalue weighted by molar-refractivity contribution is 6.31. The molecule has 0 saturated carbocycles. The number of anilines is 2. The van der Waals surface area contributed by atoms with Crippen LogP contribution in [0.1, 0.15) is 45.5 Å². The lowest BCUT2D eigenvalue weighted by molar-refractivity contribution is -0.138. The number of carbonyl (C=O) groups excluding carboxylic acids is 1. The number of carbonyl (C=O) groups is 1. The standard InChI is InChI=1S/C16H11ClF6N2O.C14H13N3/c17-12-7-9(15(18,19)20)8-25-13(12)5-6-24-14(26)10-3-1-2-4-11(10)16(21,22)23;1-3-7-13-10-11(2)15-14(17-13)16-12-8-5-4-6-9-12/h1-4,7-8H,5-6H2,(H,24,26);4-6,8-10H,1-2H3,(H,15,16,17). The van der Waals surface area contributed by atoms with Crippen LogP contribution < -0.4 is 10.6 Å². The van der Waals surface area contributed by atoms with Crippen LogP contribution >= 0.6 is 11.6 Å². The van der Waals surface area contributed by atoms with Crippen LogP contribution in [-0.2, 0) is 18.8 Å². The molecule has 0 unspecified atom stereocenters. The summed E-state index contributed by atoms with van der Waals surface area (Å²) in [7, 11) is 0. The summed E-state index contributed by atoms with van der Waals surface area (Å²) < 4.78 is 76.2. The molecular formula is C30H24ClF6N5O. The van der Waals surface area contributed by atoms with Crippen molar-refractivity contribution >= 4 is 29.1 Å². The average Bonchev–Trinajstić information content (AvgIpc) is 2.93. The minimum absolute atomic E-state index is 0.0447. The fourth-order valence-corrected chi connectivity index (χ4v) is 3.85. The summed E-state index contributed by atoms with van der Waals surface area (Å²) in [5.74, 6) is 5.39. The Balaban J connectivity index is 0.000000257. The molecule has 2 N–H and O–H groups in total. The van der Waals surface area contributed by atoms with Gasteiger partial charge in [-0.25, -0.2) is 9.97 Å². The SMILES string of the molecule is CC#Cc1cc(C)nc(Nc2ccccc2)n1.O=C(NCCc1ncc(C(F)(F)F)cc1Cl)c1ccccc1C(F)(F)F. The zero-order chi connectivity index (χ0) is 31.6. The molecule has 2 aromatic heterocycles. The summed E-state index contributed by atoms with van der Waals surface area (Å²) in [6.07, 6.45) is -8.73. The number of hydrogen-bond donors (Lipinski definition) is 2. The molecule has 0 radical (unpaired) electrons. The maximum atomic E-state index is 12.9. The van der Waals surface area contributed by atoms with Gasteiger partial charge in [0.1, 0.15) is 5.69 Å². The molecule has 224 valence electrons. The Hall–Kier alpha value is -4.63. The van der Waals surface area contributed by atoms with E-state index in [0.29, 0.717) is 18.2 Å². The van der Waals surface area contributed by atoms with Gasteiger partial charge in [0.25, 0.3) is 5.91 Å². The first-order chi connectivity index (χ1) is 20.3. The Labute approximate surface area is 248 Å². The molecule has 13 heteroatoms. The third-order valence-corrected chi connectivity index (χ3v) is 5.83. The van der Waals surface area contributed by atoms with Crippen molar-refractivity contribution in [2.45, 2.75) is 32.6 Å². The lowest BCUT2D eigenvalue weighted by atomic mass is 10.1. The first-order valence-electron chi connectivity index (χ1n) is 12.5. The van der Waals surface area contributed by atoms with E-state index in [-0.39, 0.29) is 23.7 Å². The van der Waals surface area contributed by atoms with Crippen LogP contribution in [0.25, 0.3) is 0 Å². The molecule has 4 rings (SSSR count). The lowest BCUT2D eigenvalue weighted by Crippen LogP contribution is -2.28. The molecule has 0 spiro atoms. The first kappa shape index (κ1) is 32.9. The summed E-state index contributed by atoms with van der Waals surface area (Å²) in [6, 6.07) is 16.7. The Kier molecular flexibility index (Phi) is 11.1. The molecule has 1 amide bonds. The molecule has 0 aliphatic carbocycles. The highest BCUT2D eigenvalue weighted by Gasteiger charge is 2.35. The number of halogens is 7. The monoisotopic (exact) mass is 619 g/mol. The molecular weight excluding hydrogens is 596 g/mol. The number of para-hydroxylation sites is 1. The molecule has 0 aliphatic rings. The van der Waals surface area contributed by atoms with Crippen molar-refractivity contribution in [3.8, 4) is 11.8 Å². The molecule has 0 bridgehead atoms. The highest BCUT2D eigenvalue weighted by Crippen LogP contribution is 2.32. The zero-order valence-electron chi connectivity index (χ0n) is 22.7. The van der Waals surface area contributed by atoms with Gasteiger partial charge >= 0.3 is 12.4 Å². The highest BCUT2D eigenvalue weighted by atomic mass is 35.5. The van der Waals surface area contributed by atoms with Gasteiger partial charge in [-0.15, -0.1) is 0 Å². The van der Waals surface area contributed by atoms with E-state index in [9.17, 15) is 31.1 Å². The largest absolute Gasteiger partial charge is 0.417 e. The molecule has 43 heavy (non-hydrogen) atoms. The number of amides is 1. The molecule has 0 fully saturated rings. The minimum atomic E-state index is -4.69. The second-order valence-corrected chi connectivity index (χ2v) is 9.19. The number of alkyl halides is 6. The van der Waals surface area contributed by atoms with Gasteiger partial charge < -0.3 is 10.6 Å². The van der Waals surface area contributed by atoms with Gasteiger partial charge in [0.15, 0.2) is 0 Å². The number of hydrogen-bond acceptors (Lipinski definition) is 5. The zero-order valence-corrected chi connectivity index (χ0v) is 23.5. The van der Waals surface area contributed by atoms with Crippen molar-refractivity contribution in [2.75, 3.05) is 11.9 Å². The third-order valence-electron chi connectivity index (χ3n) is 5.51. The lowest BCUT2D eigenvalue weighted by Gasteiger charge is -2.13. The van der Waals surface area contributed by atoms with Gasteiger partial charge in [-0.3, -0.25) is 9.78 Å². The van der Waals surface area contributed by atoms with E-state index >= 15 is 0 Å². The Morgan fingerprint density at radius 2 is 1.60 bits per heavy atom. The second kappa shape index (κ2) is 14.5. The third kappa shape index (κ3) is 10.0. The van der Waals surface area contributed by atoms with E-state index in [4.69, 9.17) is 11.6 Å². The number of rotatable bonds is 6. The van der Waals surface area contributed by atoms with Gasteiger partial charge in [0, 0.05) is 30.5 Å². The minimum Gasteiger partial charge on any atom is -0.352 e. The van der Waals surface area contributed by atoms with Crippen LogP contribution in [-0.4, -0.2) is 27.4 Å². The first-order valence-corrected chi connectivity index (χ1v) is 12.9. The van der Waals surface area contributed by atoms with E-state index < -0.39 is 35.0 Å². The van der Waals surface area contributed by atoms with Gasteiger partial charge in [-0.05, 0) is 56.2 Å². The maximum absolute atomic E-state index is 12.9. The summed E-state index contributed by atoms with van der Waals surface area (Å²) in [5.41, 5.74) is 0.0382. The maximum Gasteiger partial charge on any atom is 0.417 e. The Morgan fingerprint density at radius 1 is 0.930 bits per heavy atom. The summed E-state index contributed by atoms with van der Waals surface area (Å²) in [4.78, 5) is 24.2. The Bertz CT molecular complexity index is 1620. The fraction of sp³-hybridized carbons (Fsp3) is 0.200. The topological polar surface area (TPSA) is 79.8 Å². The van der Waals surface area contributed by atoms with Crippen molar-refractivity contribution in [3.63, 3.8) is 0 Å². The van der Waals surface area contributed by atoms with Gasteiger partial charge in [-0.1, -0.05) is 47.9 Å². The summed E-state index contributed by atoms with van der Waals surface area (Å²) in [5, 5.41) is 5.18. The van der Waals surface area contributed by atoms with Gasteiger partial charge in [-0.2, -0.15) is 26.3 Å². The van der Waals surface area contributed by atoms with Crippen LogP contribution in [0.4, 0.5) is 38.0 Å². The van der Waals surface area contributed by atoms with Crippen molar-refractivity contribution in [2.24, 2.45) is 0 Å². The second-order valence-electron chi connectivity index (χ2n) is 8.78. The Morgan fingerprint density at radius 3 is 2.23 bits per heavy atom. The van der Waals surface area contributed by atoms with Crippen LogP contribution in [0.3, 0.4) is 0 Å². The van der Waals surface area contributed by atoms with E-state index in [1.807, 2.05) is 43.3 Å². The van der Waals surface area contributed by atoms with Crippen LogP contribution in [0.15, 0.2) is 72.9 Å². The van der Waals surface area contributed by atoms with Crippen LogP contribution in [0.5, 0.6) is 0 Å². The average molecular weight is 620 g/mol. The van der Waals surface area contributed by atoms with E-state index in [1.54, 1.807) is 6.92 Å². The smallest absolute Gasteiger partial charge is 0.352 e. The van der Waals surface area contributed by atoms with Crippen molar-refractivity contribution in [1.82, 2.24) is 20.3 Å². The molecule has 0 atom stereocenters. The molecule has 2 heterocycles. The fourth-order valence-electron chi connectivity index (χ4n) is 3.59. The molecule has 0 aliphatic heterocycles. The molecule has 4 aromatic rings. The summed E-state index contributed by atoms with van der Waals surface area (Å²) >= 11 is 5.73. The van der Waals surface area contributed by atoms with E-state index in [1.165, 1.54) is 6.07 Å². The number of benzene rings is 2. The molecule has 6 nitrogen and oxygen atoms in total. The van der Waals surface area contributed by atoms with Crippen molar-refractivity contribution in [3.05, 3.63) is 112 Å². The predicted octanol–water partition coefficient (Wildman–Crippen LogP) is 7.65. The number of nitrogens with one attached hydrogen (secondary N) is 2. The van der Waals surface area contributed by atoms with Gasteiger partial charge in [0.05, 0.1) is 27.4 Å². The van der Waals surface area contributed by atoms with E-state index in [2.05, 4.69) is 37.4 Å². The number of nitrogens with zero attached hydrogens (tertiary/aromatic N) is 3. The number of aromatic nitrogens is 3. The summed E-state index contributed by atoms with van der Waals surface area (Å²) in [6.45, 7) is 3.57. The molecule has 2 aromatic carbocycles. The van der Waals surface area contributed by atoms with Crippen molar-refractivity contribution in [1.29, 1.82) is 0 Å². The van der Waals surface area contributed by atoms with Crippen LogP contribution in [0.2, 0.25) is 5.02 Å². The number of aryl methyl sites for hydroxylation is 1. The number of pyridine rings is 1. The van der Waals surface area contributed by atoms with Crippen LogP contribution in [0, 0.1) is 18.8 Å².